The number of aromatic nitrogens is 1. The van der Waals surface area contributed by atoms with E-state index in [9.17, 15) is 0 Å². The van der Waals surface area contributed by atoms with Crippen molar-refractivity contribution in [3.63, 3.8) is 0 Å². The van der Waals surface area contributed by atoms with Crippen molar-refractivity contribution in [1.29, 1.82) is 0 Å². The van der Waals surface area contributed by atoms with Gasteiger partial charge >= 0.3 is 0 Å². The van der Waals surface area contributed by atoms with E-state index >= 15 is 0 Å². The summed E-state index contributed by atoms with van der Waals surface area (Å²) in [4.78, 5) is 9.31. The van der Waals surface area contributed by atoms with Crippen molar-refractivity contribution in [2.24, 2.45) is 10.9 Å². The fourth-order valence-corrected chi connectivity index (χ4v) is 8.65. The second kappa shape index (κ2) is 12.0. The third kappa shape index (κ3) is 5.21. The molecule has 0 spiro atoms. The van der Waals surface area contributed by atoms with Gasteiger partial charge in [0.05, 0.1) is 6.04 Å². The monoisotopic (exact) mass is 618 g/mol. The summed E-state index contributed by atoms with van der Waals surface area (Å²) < 4.78 is 1.22. The molecule has 0 amide bonds. The zero-order valence-electron chi connectivity index (χ0n) is 26.9. The van der Waals surface area contributed by atoms with Crippen LogP contribution >= 0.6 is 15.9 Å². The summed E-state index contributed by atoms with van der Waals surface area (Å²) in [7, 11) is 0. The van der Waals surface area contributed by atoms with Crippen molar-refractivity contribution in [3.8, 4) is 0 Å². The van der Waals surface area contributed by atoms with Crippen LogP contribution in [0.4, 0.5) is 0 Å². The molecule has 5 rings (SSSR count). The predicted molar refractivity (Wildman–Crippen MR) is 187 cm³/mol. The Bertz CT molecular complexity index is 1660. The van der Waals surface area contributed by atoms with Crippen molar-refractivity contribution < 1.29 is 0 Å². The van der Waals surface area contributed by atoms with Gasteiger partial charge in [-0.05, 0) is 125 Å². The summed E-state index contributed by atoms with van der Waals surface area (Å²) in [6, 6.07) is 9.31. The highest BCUT2D eigenvalue weighted by Crippen LogP contribution is 2.46. The normalized spacial score (nSPS) is 22.0. The zero-order chi connectivity index (χ0) is 30.5. The van der Waals surface area contributed by atoms with Gasteiger partial charge in [-0.3, -0.25) is 9.98 Å². The number of aliphatic imine (C=N–C) groups is 1. The van der Waals surface area contributed by atoms with Crippen LogP contribution in [0, 0.1) is 47.5 Å². The van der Waals surface area contributed by atoms with E-state index in [1.54, 1.807) is 0 Å². The molecular formula is C38H44BBrN2. The van der Waals surface area contributed by atoms with Gasteiger partial charge in [0.2, 0.25) is 6.71 Å². The SMILES string of the molecule is CC1=CC(C)=C(c2cccnc2)C(C)C1B(c1c(C)cc(C)c(Br)c1C)c1c(C)cc(C)c(C2C=CC=NC2C)c1C. The largest absolute Gasteiger partial charge is 0.289 e. The van der Waals surface area contributed by atoms with Crippen LogP contribution in [0.25, 0.3) is 5.57 Å². The van der Waals surface area contributed by atoms with Gasteiger partial charge in [0.25, 0.3) is 0 Å². The van der Waals surface area contributed by atoms with Crippen LogP contribution in [0.5, 0.6) is 0 Å². The molecule has 216 valence electrons. The number of allylic oxidation sites excluding steroid dienone is 5. The standard InChI is InChI=1S/C38H44BBrN2/c1-21-17-23(3)35(27(7)33(21)31-13-11-15-41-20-31)39(37-25(5)19-26(6)38(40)29(37)9)36-24(4)18-22(2)34(28(36)8)32-14-12-16-42-30(32)10/h11-20,27,30,32,35H,1-10H3. The van der Waals surface area contributed by atoms with E-state index in [4.69, 9.17) is 4.99 Å². The number of aryl methyl sites for hydroxylation is 4. The predicted octanol–water partition coefficient (Wildman–Crippen LogP) is 8.86. The molecule has 1 aromatic heterocycles. The summed E-state index contributed by atoms with van der Waals surface area (Å²) in [6.07, 6.45) is 12.8. The number of nitrogens with zero attached hydrogens (tertiary/aromatic N) is 2. The van der Waals surface area contributed by atoms with Crippen molar-refractivity contribution in [2.45, 2.75) is 87.0 Å². The molecule has 0 N–H and O–H groups in total. The van der Waals surface area contributed by atoms with Gasteiger partial charge < -0.3 is 0 Å². The lowest BCUT2D eigenvalue weighted by Gasteiger charge is -2.40. The van der Waals surface area contributed by atoms with Crippen molar-refractivity contribution in [2.75, 3.05) is 0 Å². The number of rotatable bonds is 5. The Morgan fingerprint density at radius 2 is 1.50 bits per heavy atom. The molecule has 0 fully saturated rings. The molecule has 4 atom stereocenters. The lowest BCUT2D eigenvalue weighted by Crippen LogP contribution is -2.53. The average molecular weight is 620 g/mol. The number of benzene rings is 2. The maximum absolute atomic E-state index is 4.80. The quantitative estimate of drug-likeness (QED) is 0.262. The Labute approximate surface area is 262 Å². The van der Waals surface area contributed by atoms with E-state index in [1.165, 1.54) is 76.6 Å². The fraction of sp³-hybridized carbons (Fsp3) is 0.368. The lowest BCUT2D eigenvalue weighted by atomic mass is 9.27. The minimum Gasteiger partial charge on any atom is -0.289 e. The minimum absolute atomic E-state index is 0.193. The van der Waals surface area contributed by atoms with Crippen molar-refractivity contribution in [3.05, 3.63) is 115 Å². The minimum atomic E-state index is 0.193. The molecule has 4 unspecified atom stereocenters. The molecule has 1 aliphatic carbocycles. The highest BCUT2D eigenvalue weighted by molar-refractivity contribution is 9.10. The number of dihydropyridines is 1. The van der Waals surface area contributed by atoms with Gasteiger partial charge in [-0.15, -0.1) is 0 Å². The molecule has 3 aromatic rings. The van der Waals surface area contributed by atoms with Crippen LogP contribution in [0.15, 0.2) is 75.5 Å². The van der Waals surface area contributed by atoms with E-state index in [0.29, 0.717) is 11.7 Å². The summed E-state index contributed by atoms with van der Waals surface area (Å²) >= 11 is 3.99. The summed E-state index contributed by atoms with van der Waals surface area (Å²) in [5.41, 5.74) is 18.0. The molecule has 0 saturated carbocycles. The van der Waals surface area contributed by atoms with Gasteiger partial charge in [0.1, 0.15) is 0 Å². The first kappa shape index (κ1) is 30.5. The molecule has 0 saturated heterocycles. The molecule has 42 heavy (non-hydrogen) atoms. The number of hydrogen-bond acceptors (Lipinski definition) is 2. The first-order chi connectivity index (χ1) is 19.9. The van der Waals surface area contributed by atoms with Gasteiger partial charge in [-0.1, -0.05) is 86.4 Å². The molecule has 2 nitrogen and oxygen atoms in total. The van der Waals surface area contributed by atoms with E-state index in [0.717, 1.165) is 0 Å². The van der Waals surface area contributed by atoms with Crippen LogP contribution in [0.1, 0.15) is 78.1 Å². The Balaban J connectivity index is 1.82. The van der Waals surface area contributed by atoms with E-state index in [-0.39, 0.29) is 18.7 Å². The smallest absolute Gasteiger partial charge is 0.218 e. The Morgan fingerprint density at radius 1 is 0.833 bits per heavy atom. The number of hydrogen-bond donors (Lipinski definition) is 0. The zero-order valence-corrected chi connectivity index (χ0v) is 28.5. The summed E-state index contributed by atoms with van der Waals surface area (Å²) in [5.74, 6) is 0.876. The van der Waals surface area contributed by atoms with Crippen LogP contribution in [-0.4, -0.2) is 24.0 Å². The fourth-order valence-electron chi connectivity index (χ4n) is 8.32. The molecule has 2 heterocycles. The van der Waals surface area contributed by atoms with Crippen LogP contribution in [-0.2, 0) is 0 Å². The number of pyridine rings is 1. The van der Waals surface area contributed by atoms with Gasteiger partial charge in [-0.25, -0.2) is 0 Å². The number of halogens is 1. The molecule has 0 bridgehead atoms. The van der Waals surface area contributed by atoms with E-state index in [1.807, 2.05) is 18.6 Å². The second-order valence-electron chi connectivity index (χ2n) is 12.8. The molecule has 2 aliphatic rings. The Morgan fingerprint density at radius 3 is 2.14 bits per heavy atom. The molecule has 1 aliphatic heterocycles. The Kier molecular flexibility index (Phi) is 8.68. The second-order valence-corrected chi connectivity index (χ2v) is 13.6. The third-order valence-electron chi connectivity index (χ3n) is 9.95. The lowest BCUT2D eigenvalue weighted by molar-refractivity contribution is 0.655. The van der Waals surface area contributed by atoms with E-state index in [2.05, 4.69) is 133 Å². The van der Waals surface area contributed by atoms with Crippen LogP contribution in [0.3, 0.4) is 0 Å². The van der Waals surface area contributed by atoms with Crippen molar-refractivity contribution >= 4 is 45.4 Å². The van der Waals surface area contributed by atoms with E-state index < -0.39 is 0 Å². The molecule has 0 radical (unpaired) electrons. The van der Waals surface area contributed by atoms with Crippen molar-refractivity contribution in [1.82, 2.24) is 4.98 Å². The van der Waals surface area contributed by atoms with Crippen LogP contribution in [0.2, 0.25) is 5.82 Å². The highest BCUT2D eigenvalue weighted by Gasteiger charge is 2.42. The molecule has 2 aromatic carbocycles. The van der Waals surface area contributed by atoms with Gasteiger partial charge in [0, 0.05) is 29.0 Å². The first-order valence-electron chi connectivity index (χ1n) is 15.3. The Hall–Kier alpha value is -2.98. The van der Waals surface area contributed by atoms with Gasteiger partial charge in [-0.2, -0.15) is 0 Å². The average Bonchev–Trinajstić information content (AvgIpc) is 2.92. The molecular weight excluding hydrogens is 575 g/mol. The van der Waals surface area contributed by atoms with Crippen LogP contribution < -0.4 is 10.9 Å². The maximum Gasteiger partial charge on any atom is 0.218 e. The highest BCUT2D eigenvalue weighted by atomic mass is 79.9. The molecule has 4 heteroatoms. The third-order valence-corrected chi connectivity index (χ3v) is 11.2. The first-order valence-corrected chi connectivity index (χ1v) is 16.1. The summed E-state index contributed by atoms with van der Waals surface area (Å²) in [5, 5.41) is 0. The van der Waals surface area contributed by atoms with Gasteiger partial charge in [0.15, 0.2) is 0 Å². The maximum atomic E-state index is 4.80. The summed E-state index contributed by atoms with van der Waals surface area (Å²) in [6.45, 7) is 23.3. The topological polar surface area (TPSA) is 25.2 Å².